The summed E-state index contributed by atoms with van der Waals surface area (Å²) in [5.41, 5.74) is 3.78. The fourth-order valence-corrected chi connectivity index (χ4v) is 3.15. The van der Waals surface area contributed by atoms with Gasteiger partial charge in [0.25, 0.3) is 0 Å². The van der Waals surface area contributed by atoms with Gasteiger partial charge in [0, 0.05) is 17.5 Å². The zero-order valence-electron chi connectivity index (χ0n) is 17.4. The number of hydrogen-bond donors (Lipinski definition) is 1. The highest BCUT2D eigenvalue weighted by molar-refractivity contribution is 5.86. The fourth-order valence-electron chi connectivity index (χ4n) is 3.15. The SMILES string of the molecule is CCc1ccc(Oc2nc(Oc3ccc(OC)nc3)nc3[nH]c(CC)c(C)c23)cn1. The van der Waals surface area contributed by atoms with Gasteiger partial charge in [-0.15, -0.1) is 0 Å². The number of hydrogen-bond acceptors (Lipinski definition) is 7. The standard InChI is InChI=1S/C22H23N5O3/c1-5-14-7-8-15(11-23-14)29-21-19-13(3)17(6-2)25-20(19)26-22(27-21)30-16-9-10-18(28-4)24-12-16/h7-12H,5-6H2,1-4H3,(H,25,26,27). The molecule has 0 amide bonds. The van der Waals surface area contributed by atoms with Gasteiger partial charge in [0.2, 0.25) is 11.8 Å². The molecule has 0 saturated heterocycles. The smallest absolute Gasteiger partial charge is 0.327 e. The minimum atomic E-state index is 0.159. The zero-order valence-corrected chi connectivity index (χ0v) is 17.4. The minimum absolute atomic E-state index is 0.159. The first-order chi connectivity index (χ1) is 14.6. The van der Waals surface area contributed by atoms with Gasteiger partial charge >= 0.3 is 6.01 Å². The van der Waals surface area contributed by atoms with E-state index in [9.17, 15) is 0 Å². The lowest BCUT2D eigenvalue weighted by Crippen LogP contribution is -1.98. The van der Waals surface area contributed by atoms with Crippen LogP contribution in [0.5, 0.6) is 29.3 Å². The minimum Gasteiger partial charge on any atom is -0.481 e. The van der Waals surface area contributed by atoms with E-state index >= 15 is 0 Å². The maximum atomic E-state index is 6.10. The number of fused-ring (bicyclic) bond motifs is 1. The van der Waals surface area contributed by atoms with Crippen molar-refractivity contribution in [1.82, 2.24) is 24.9 Å². The number of nitrogens with zero attached hydrogens (tertiary/aromatic N) is 4. The summed E-state index contributed by atoms with van der Waals surface area (Å²) in [6.07, 6.45) is 4.96. The number of ether oxygens (including phenoxy) is 3. The molecular formula is C22H23N5O3. The van der Waals surface area contributed by atoms with Crippen molar-refractivity contribution in [3.05, 3.63) is 53.6 Å². The molecule has 30 heavy (non-hydrogen) atoms. The van der Waals surface area contributed by atoms with Crippen LogP contribution >= 0.6 is 0 Å². The Hall–Kier alpha value is -3.68. The van der Waals surface area contributed by atoms with Crippen LogP contribution in [0.25, 0.3) is 11.0 Å². The van der Waals surface area contributed by atoms with Crippen molar-refractivity contribution in [3.8, 4) is 29.3 Å². The molecule has 0 aliphatic rings. The first kappa shape index (κ1) is 19.6. The normalized spacial score (nSPS) is 10.9. The Kier molecular flexibility index (Phi) is 5.47. The molecule has 4 rings (SSSR count). The molecule has 8 nitrogen and oxygen atoms in total. The number of H-pyrrole nitrogens is 1. The lowest BCUT2D eigenvalue weighted by molar-refractivity contribution is 0.390. The van der Waals surface area contributed by atoms with Crippen molar-refractivity contribution < 1.29 is 14.2 Å². The van der Waals surface area contributed by atoms with E-state index in [1.807, 2.05) is 19.1 Å². The summed E-state index contributed by atoms with van der Waals surface area (Å²) >= 11 is 0. The van der Waals surface area contributed by atoms with Gasteiger partial charge in [0.05, 0.1) is 24.9 Å². The molecule has 4 heterocycles. The third-order valence-electron chi connectivity index (χ3n) is 4.81. The topological polar surface area (TPSA) is 95.0 Å². The number of nitrogens with one attached hydrogen (secondary N) is 1. The van der Waals surface area contributed by atoms with Gasteiger partial charge in [-0.3, -0.25) is 4.98 Å². The molecule has 0 aliphatic heterocycles. The molecule has 154 valence electrons. The Morgan fingerprint density at radius 1 is 0.900 bits per heavy atom. The van der Waals surface area contributed by atoms with Crippen LogP contribution in [0.1, 0.15) is 30.8 Å². The monoisotopic (exact) mass is 405 g/mol. The molecule has 1 N–H and O–H groups in total. The van der Waals surface area contributed by atoms with Gasteiger partial charge in [-0.05, 0) is 43.5 Å². The van der Waals surface area contributed by atoms with E-state index in [4.69, 9.17) is 14.2 Å². The second-order valence-corrected chi connectivity index (χ2v) is 6.70. The maximum Gasteiger partial charge on any atom is 0.327 e. The molecule has 0 unspecified atom stereocenters. The Labute approximate surface area is 174 Å². The summed E-state index contributed by atoms with van der Waals surface area (Å²) < 4.78 is 17.0. The van der Waals surface area contributed by atoms with Crippen LogP contribution in [0, 0.1) is 6.92 Å². The van der Waals surface area contributed by atoms with Crippen LogP contribution in [0.15, 0.2) is 36.7 Å². The highest BCUT2D eigenvalue weighted by Gasteiger charge is 2.18. The third-order valence-corrected chi connectivity index (χ3v) is 4.81. The van der Waals surface area contributed by atoms with Crippen LogP contribution < -0.4 is 14.2 Å². The van der Waals surface area contributed by atoms with Gasteiger partial charge in [0.15, 0.2) is 0 Å². The second-order valence-electron chi connectivity index (χ2n) is 6.70. The fraction of sp³-hybridized carbons (Fsp3) is 0.273. The average molecular weight is 405 g/mol. The molecule has 0 spiro atoms. The number of aromatic amines is 1. The van der Waals surface area contributed by atoms with Crippen LogP contribution in [0.2, 0.25) is 0 Å². The quantitative estimate of drug-likeness (QED) is 0.473. The second kappa shape index (κ2) is 8.36. The Bertz CT molecular complexity index is 1150. The molecule has 8 heteroatoms. The van der Waals surface area contributed by atoms with Crippen LogP contribution in [-0.2, 0) is 12.8 Å². The number of aromatic nitrogens is 5. The zero-order chi connectivity index (χ0) is 21.1. The Morgan fingerprint density at radius 2 is 1.67 bits per heavy atom. The van der Waals surface area contributed by atoms with Gasteiger partial charge in [0.1, 0.15) is 17.1 Å². The van der Waals surface area contributed by atoms with E-state index in [1.165, 1.54) is 0 Å². The molecule has 0 radical (unpaired) electrons. The molecule has 0 bridgehead atoms. The molecule has 0 saturated carbocycles. The van der Waals surface area contributed by atoms with Crippen molar-refractivity contribution >= 4 is 11.0 Å². The van der Waals surface area contributed by atoms with Gasteiger partial charge in [-0.25, -0.2) is 4.98 Å². The highest BCUT2D eigenvalue weighted by Crippen LogP contribution is 2.34. The first-order valence-corrected chi connectivity index (χ1v) is 9.81. The van der Waals surface area contributed by atoms with Crippen LogP contribution in [0.4, 0.5) is 0 Å². The highest BCUT2D eigenvalue weighted by atomic mass is 16.5. The van der Waals surface area contributed by atoms with E-state index in [2.05, 4.69) is 38.8 Å². The summed E-state index contributed by atoms with van der Waals surface area (Å²) in [6, 6.07) is 7.43. The van der Waals surface area contributed by atoms with Crippen molar-refractivity contribution in [2.45, 2.75) is 33.6 Å². The third kappa shape index (κ3) is 3.89. The maximum absolute atomic E-state index is 6.10. The lowest BCUT2D eigenvalue weighted by Gasteiger charge is -2.09. The largest absolute Gasteiger partial charge is 0.481 e. The predicted molar refractivity (Wildman–Crippen MR) is 113 cm³/mol. The van der Waals surface area contributed by atoms with Crippen molar-refractivity contribution in [2.75, 3.05) is 7.11 Å². The van der Waals surface area contributed by atoms with Gasteiger partial charge in [-0.1, -0.05) is 13.8 Å². The van der Waals surface area contributed by atoms with Gasteiger partial charge in [-0.2, -0.15) is 9.97 Å². The number of aryl methyl sites for hydroxylation is 3. The van der Waals surface area contributed by atoms with E-state index in [1.54, 1.807) is 31.6 Å². The lowest BCUT2D eigenvalue weighted by atomic mass is 10.2. The van der Waals surface area contributed by atoms with Crippen molar-refractivity contribution in [1.29, 1.82) is 0 Å². The van der Waals surface area contributed by atoms with E-state index in [0.717, 1.165) is 35.2 Å². The number of pyridine rings is 2. The molecule has 0 fully saturated rings. The van der Waals surface area contributed by atoms with E-state index in [-0.39, 0.29) is 6.01 Å². The van der Waals surface area contributed by atoms with Gasteiger partial charge < -0.3 is 19.2 Å². The molecule has 0 aromatic carbocycles. The van der Waals surface area contributed by atoms with Crippen LogP contribution in [0.3, 0.4) is 0 Å². The average Bonchev–Trinajstić information content (AvgIpc) is 3.10. The number of methoxy groups -OCH3 is 1. The summed E-state index contributed by atoms with van der Waals surface area (Å²) in [7, 11) is 1.56. The molecule has 4 aromatic heterocycles. The van der Waals surface area contributed by atoms with E-state index in [0.29, 0.717) is 28.9 Å². The van der Waals surface area contributed by atoms with E-state index < -0.39 is 0 Å². The van der Waals surface area contributed by atoms with Crippen LogP contribution in [-0.4, -0.2) is 32.0 Å². The predicted octanol–water partition coefficient (Wildman–Crippen LogP) is 4.77. The summed E-state index contributed by atoms with van der Waals surface area (Å²) in [5, 5.41) is 0.826. The Morgan fingerprint density at radius 3 is 2.30 bits per heavy atom. The molecule has 0 aliphatic carbocycles. The summed E-state index contributed by atoms with van der Waals surface area (Å²) in [4.78, 5) is 20.9. The summed E-state index contributed by atoms with van der Waals surface area (Å²) in [5.74, 6) is 2.01. The summed E-state index contributed by atoms with van der Waals surface area (Å²) in [6.45, 7) is 6.17. The van der Waals surface area contributed by atoms with Crippen molar-refractivity contribution in [3.63, 3.8) is 0 Å². The molecular weight excluding hydrogens is 382 g/mol. The molecule has 4 aromatic rings. The first-order valence-electron chi connectivity index (χ1n) is 9.81. The molecule has 0 atom stereocenters. The number of rotatable bonds is 7. The van der Waals surface area contributed by atoms with Crippen molar-refractivity contribution in [2.24, 2.45) is 0 Å². The Balaban J connectivity index is 1.73.